The van der Waals surface area contributed by atoms with Gasteiger partial charge >= 0.3 is 0 Å². The van der Waals surface area contributed by atoms with Crippen molar-refractivity contribution in [1.29, 1.82) is 0 Å². The maximum absolute atomic E-state index is 10.4. The fraction of sp³-hybridized carbons (Fsp3) is 0.900. The van der Waals surface area contributed by atoms with Crippen LogP contribution in [0, 0.1) is 0 Å². The number of hydrogen-bond acceptors (Lipinski definition) is 2. The Morgan fingerprint density at radius 3 is 1.62 bits per heavy atom. The maximum atomic E-state index is 10.4. The van der Waals surface area contributed by atoms with Gasteiger partial charge in [-0.2, -0.15) is 0 Å². The summed E-state index contributed by atoms with van der Waals surface area (Å²) in [5.41, 5.74) is 0. The molecule has 0 unspecified atom stereocenters. The average molecular weight is 199 g/mol. The average Bonchev–Trinajstić information content (AvgIpc) is 2.06. The predicted octanol–water partition coefficient (Wildman–Crippen LogP) is 3.50. The summed E-state index contributed by atoms with van der Waals surface area (Å²) in [6, 6.07) is 3.47. The summed E-state index contributed by atoms with van der Waals surface area (Å²) in [6.45, 7) is 6.52. The topological polar surface area (TPSA) is 29.4 Å². The zero-order valence-electron chi connectivity index (χ0n) is 9.10. The molecule has 0 heterocycles. The summed E-state index contributed by atoms with van der Waals surface area (Å²) in [4.78, 5) is 10.4. The van der Waals surface area contributed by atoms with Crippen molar-refractivity contribution in [2.45, 2.75) is 58.2 Å². The van der Waals surface area contributed by atoms with Crippen LogP contribution in [-0.4, -0.2) is 14.3 Å². The number of nitrogens with zero attached hydrogens (tertiary/aromatic N) is 1. The Hall–Kier alpha value is -0.403. The number of hydrogen-bond donors (Lipinski definition) is 0. The van der Waals surface area contributed by atoms with Crippen LogP contribution in [0.1, 0.15) is 40.0 Å². The van der Waals surface area contributed by atoms with Gasteiger partial charge in [0.25, 0.3) is 0 Å². The third-order valence-corrected chi connectivity index (χ3v) is 7.29. The summed E-state index contributed by atoms with van der Waals surface area (Å²) < 4.78 is 4.16. The number of rotatable bonds is 7. The minimum Gasteiger partial charge on any atom is -0.247 e. The summed E-state index contributed by atoms with van der Waals surface area (Å²) in [5.74, 6) is 0. The number of isocyanates is 1. The van der Waals surface area contributed by atoms with E-state index in [1.54, 1.807) is 6.08 Å². The van der Waals surface area contributed by atoms with Crippen LogP contribution in [0.4, 0.5) is 0 Å². The highest BCUT2D eigenvalue weighted by Gasteiger charge is 2.30. The van der Waals surface area contributed by atoms with E-state index in [0.717, 1.165) is 37.4 Å². The standard InChI is InChI=1S/C10H21NOSi/c1-4-7-13(8-5-2,9-6-3)11-10-12/h4-9H2,1-3H3. The van der Waals surface area contributed by atoms with Crippen LogP contribution in [-0.2, 0) is 4.79 Å². The molecule has 0 radical (unpaired) electrons. The van der Waals surface area contributed by atoms with Gasteiger partial charge in [0.2, 0.25) is 6.08 Å². The van der Waals surface area contributed by atoms with Gasteiger partial charge in [0.05, 0.1) is 0 Å². The highest BCUT2D eigenvalue weighted by molar-refractivity contribution is 6.78. The quantitative estimate of drug-likeness (QED) is 0.350. The maximum Gasteiger partial charge on any atom is 0.224 e. The molecule has 0 aliphatic heterocycles. The highest BCUT2D eigenvalue weighted by Crippen LogP contribution is 2.26. The Morgan fingerprint density at radius 2 is 1.38 bits per heavy atom. The fourth-order valence-electron chi connectivity index (χ4n) is 2.04. The Labute approximate surface area is 82.5 Å². The van der Waals surface area contributed by atoms with E-state index in [9.17, 15) is 4.79 Å². The van der Waals surface area contributed by atoms with Gasteiger partial charge < -0.3 is 0 Å². The van der Waals surface area contributed by atoms with Gasteiger partial charge in [-0.1, -0.05) is 40.0 Å². The molecule has 0 rings (SSSR count). The van der Waals surface area contributed by atoms with Gasteiger partial charge in [0.1, 0.15) is 0 Å². The lowest BCUT2D eigenvalue weighted by molar-refractivity contribution is 0.565. The Bertz CT molecular complexity index is 159. The zero-order valence-corrected chi connectivity index (χ0v) is 10.1. The minimum absolute atomic E-state index is 1.15. The molecule has 0 saturated carbocycles. The van der Waals surface area contributed by atoms with Crippen LogP contribution in [0.15, 0.2) is 4.66 Å². The third kappa shape index (κ3) is 4.39. The zero-order chi connectivity index (χ0) is 10.2. The van der Waals surface area contributed by atoms with Gasteiger partial charge in [-0.3, -0.25) is 0 Å². The molecular weight excluding hydrogens is 178 g/mol. The van der Waals surface area contributed by atoms with E-state index in [2.05, 4.69) is 25.4 Å². The molecular formula is C10H21NOSi. The van der Waals surface area contributed by atoms with Crippen molar-refractivity contribution >= 4 is 14.3 Å². The third-order valence-electron chi connectivity index (χ3n) is 2.43. The summed E-state index contributed by atoms with van der Waals surface area (Å²) in [7, 11) is -1.59. The first-order valence-corrected chi connectivity index (χ1v) is 7.90. The Kier molecular flexibility index (Phi) is 6.83. The molecule has 0 aromatic rings. The van der Waals surface area contributed by atoms with Gasteiger partial charge in [-0.05, 0) is 18.1 Å². The molecule has 0 aliphatic carbocycles. The normalized spacial score (nSPS) is 11.0. The van der Waals surface area contributed by atoms with Crippen molar-refractivity contribution in [3.63, 3.8) is 0 Å². The van der Waals surface area contributed by atoms with Crippen molar-refractivity contribution in [2.24, 2.45) is 4.66 Å². The van der Waals surface area contributed by atoms with E-state index in [0.29, 0.717) is 0 Å². The van der Waals surface area contributed by atoms with E-state index in [1.165, 1.54) is 0 Å². The molecule has 0 fully saturated rings. The molecule has 0 N–H and O–H groups in total. The van der Waals surface area contributed by atoms with E-state index < -0.39 is 8.24 Å². The Morgan fingerprint density at radius 1 is 1.00 bits per heavy atom. The second-order valence-corrected chi connectivity index (χ2v) is 7.85. The van der Waals surface area contributed by atoms with E-state index >= 15 is 0 Å². The van der Waals surface area contributed by atoms with Crippen LogP contribution in [0.2, 0.25) is 18.1 Å². The van der Waals surface area contributed by atoms with E-state index in [4.69, 9.17) is 0 Å². The van der Waals surface area contributed by atoms with Crippen molar-refractivity contribution in [3.05, 3.63) is 0 Å². The fourth-order valence-corrected chi connectivity index (χ4v) is 6.11. The first-order valence-electron chi connectivity index (χ1n) is 5.33. The largest absolute Gasteiger partial charge is 0.247 e. The first-order chi connectivity index (χ1) is 6.24. The van der Waals surface area contributed by atoms with Crippen LogP contribution in [0.25, 0.3) is 0 Å². The van der Waals surface area contributed by atoms with Crippen LogP contribution < -0.4 is 0 Å². The molecule has 3 heteroatoms. The van der Waals surface area contributed by atoms with E-state index in [-0.39, 0.29) is 0 Å². The molecule has 2 nitrogen and oxygen atoms in total. The van der Waals surface area contributed by atoms with E-state index in [1.807, 2.05) is 0 Å². The first kappa shape index (κ1) is 12.6. The van der Waals surface area contributed by atoms with Crippen LogP contribution >= 0.6 is 0 Å². The summed E-state index contributed by atoms with van der Waals surface area (Å²) in [5, 5.41) is 0. The predicted molar refractivity (Wildman–Crippen MR) is 59.2 cm³/mol. The summed E-state index contributed by atoms with van der Waals surface area (Å²) in [6.07, 6.45) is 5.25. The van der Waals surface area contributed by atoms with Crippen LogP contribution in [0.3, 0.4) is 0 Å². The Balaban J connectivity index is 4.46. The van der Waals surface area contributed by atoms with Crippen molar-refractivity contribution < 1.29 is 4.79 Å². The highest BCUT2D eigenvalue weighted by atomic mass is 28.3. The van der Waals surface area contributed by atoms with Gasteiger partial charge in [-0.15, -0.1) is 0 Å². The second kappa shape index (κ2) is 7.04. The number of carbonyl (C=O) groups excluding carboxylic acids is 1. The molecule has 76 valence electrons. The van der Waals surface area contributed by atoms with Crippen LogP contribution in [0.5, 0.6) is 0 Å². The van der Waals surface area contributed by atoms with Gasteiger partial charge in [-0.25, -0.2) is 9.45 Å². The lowest BCUT2D eigenvalue weighted by Gasteiger charge is -2.23. The summed E-state index contributed by atoms with van der Waals surface area (Å²) >= 11 is 0. The lowest BCUT2D eigenvalue weighted by atomic mass is 10.6. The van der Waals surface area contributed by atoms with Crippen molar-refractivity contribution in [1.82, 2.24) is 0 Å². The smallest absolute Gasteiger partial charge is 0.224 e. The molecule has 13 heavy (non-hydrogen) atoms. The molecule has 0 aromatic carbocycles. The SMILES string of the molecule is CCC[Si](CCC)(CCC)N=C=O. The molecule has 0 spiro atoms. The lowest BCUT2D eigenvalue weighted by Crippen LogP contribution is -2.31. The van der Waals surface area contributed by atoms with Crippen molar-refractivity contribution in [3.8, 4) is 0 Å². The molecule has 0 saturated heterocycles. The van der Waals surface area contributed by atoms with Gasteiger partial charge in [0, 0.05) is 0 Å². The van der Waals surface area contributed by atoms with Gasteiger partial charge in [0.15, 0.2) is 8.24 Å². The minimum atomic E-state index is -1.59. The molecule has 0 atom stereocenters. The van der Waals surface area contributed by atoms with Crippen molar-refractivity contribution in [2.75, 3.05) is 0 Å². The molecule has 0 aromatic heterocycles. The molecule has 0 amide bonds. The molecule has 0 aliphatic rings. The monoisotopic (exact) mass is 199 g/mol. The molecule has 0 bridgehead atoms. The second-order valence-electron chi connectivity index (χ2n) is 3.68.